The molecule has 0 radical (unpaired) electrons. The lowest BCUT2D eigenvalue weighted by molar-refractivity contribution is -0.0379. The van der Waals surface area contributed by atoms with Gasteiger partial charge in [0.25, 0.3) is 5.56 Å². The molecule has 0 unspecified atom stereocenters. The summed E-state index contributed by atoms with van der Waals surface area (Å²) >= 11 is 1.64. The Labute approximate surface area is 181 Å². The summed E-state index contributed by atoms with van der Waals surface area (Å²) in [4.78, 5) is 23.1. The summed E-state index contributed by atoms with van der Waals surface area (Å²) in [5.74, 6) is 1.18. The molecule has 0 bridgehead atoms. The molecular formula is C23H32N4O2S. The molecule has 162 valence electrons. The minimum absolute atomic E-state index is 0.00373. The van der Waals surface area contributed by atoms with Gasteiger partial charge >= 0.3 is 0 Å². The molecule has 7 heteroatoms. The Balaban J connectivity index is 1.63. The van der Waals surface area contributed by atoms with Crippen LogP contribution >= 0.6 is 11.3 Å². The Morgan fingerprint density at radius 1 is 1.13 bits per heavy atom. The van der Waals surface area contributed by atoms with Gasteiger partial charge in [0.1, 0.15) is 17.0 Å². The first-order valence-electron chi connectivity index (χ1n) is 11.5. The predicted octanol–water partition coefficient (Wildman–Crippen LogP) is 4.63. The van der Waals surface area contributed by atoms with Gasteiger partial charge in [-0.3, -0.25) is 4.79 Å². The fourth-order valence-electron chi connectivity index (χ4n) is 5.09. The van der Waals surface area contributed by atoms with Crippen LogP contribution in [0.25, 0.3) is 10.2 Å². The van der Waals surface area contributed by atoms with Crippen molar-refractivity contribution in [3.63, 3.8) is 0 Å². The van der Waals surface area contributed by atoms with E-state index in [0.717, 1.165) is 58.8 Å². The number of nitrogens with zero attached hydrogens (tertiary/aromatic N) is 4. The number of fused-ring (bicyclic) bond motifs is 3. The van der Waals surface area contributed by atoms with Crippen molar-refractivity contribution in [3.05, 3.63) is 26.6 Å². The Hall–Kier alpha value is -1.73. The van der Waals surface area contributed by atoms with Gasteiger partial charge in [0.2, 0.25) is 0 Å². The highest BCUT2D eigenvalue weighted by molar-refractivity contribution is 7.18. The molecule has 1 aliphatic carbocycles. The van der Waals surface area contributed by atoms with Crippen LogP contribution < -0.4 is 5.56 Å². The van der Waals surface area contributed by atoms with Crippen LogP contribution in [0.15, 0.2) is 9.90 Å². The van der Waals surface area contributed by atoms with Crippen LogP contribution in [0.5, 0.6) is 0 Å². The summed E-state index contributed by atoms with van der Waals surface area (Å²) in [6.45, 7) is 6.79. The van der Waals surface area contributed by atoms with Crippen LogP contribution in [-0.2, 0) is 17.8 Å². The van der Waals surface area contributed by atoms with Crippen molar-refractivity contribution < 1.29 is 4.74 Å². The molecule has 2 aliphatic heterocycles. The maximum absolute atomic E-state index is 13.8. The number of hydrogen-bond acceptors (Lipinski definition) is 5. The zero-order valence-electron chi connectivity index (χ0n) is 18.2. The first kappa shape index (κ1) is 20.2. The molecule has 2 aromatic heterocycles. The fraction of sp³-hybridized carbons (Fsp3) is 0.696. The van der Waals surface area contributed by atoms with Crippen molar-refractivity contribution in [2.75, 3.05) is 13.1 Å². The summed E-state index contributed by atoms with van der Waals surface area (Å²) in [5, 5.41) is 5.50. The van der Waals surface area contributed by atoms with E-state index in [9.17, 15) is 4.79 Å². The Morgan fingerprint density at radius 2 is 1.87 bits per heavy atom. The lowest BCUT2D eigenvalue weighted by atomic mass is 9.88. The normalized spacial score (nSPS) is 22.7. The van der Waals surface area contributed by atoms with E-state index in [0.29, 0.717) is 12.5 Å². The monoisotopic (exact) mass is 428 g/mol. The number of rotatable bonds is 3. The van der Waals surface area contributed by atoms with E-state index in [1.807, 2.05) is 6.34 Å². The molecule has 0 N–H and O–H groups in total. The third kappa shape index (κ3) is 3.82. The van der Waals surface area contributed by atoms with Crippen molar-refractivity contribution in [3.8, 4) is 0 Å². The van der Waals surface area contributed by atoms with Crippen molar-refractivity contribution in [2.45, 2.75) is 89.8 Å². The van der Waals surface area contributed by atoms with Gasteiger partial charge in [0.05, 0.1) is 17.6 Å². The quantitative estimate of drug-likeness (QED) is 0.528. The SMILES string of the molecule is CC1(C)Cc2c(sc3nc(C4CCCCC4)n(/N=C\N4CCCCC4)c(=O)c23)CO1. The van der Waals surface area contributed by atoms with Gasteiger partial charge in [-0.25, -0.2) is 4.98 Å². The highest BCUT2D eigenvalue weighted by atomic mass is 32.1. The number of thiophene rings is 1. The van der Waals surface area contributed by atoms with E-state index in [-0.39, 0.29) is 11.2 Å². The molecule has 0 aromatic carbocycles. The molecule has 1 saturated carbocycles. The van der Waals surface area contributed by atoms with E-state index in [4.69, 9.17) is 14.8 Å². The van der Waals surface area contributed by atoms with Crippen LogP contribution in [0.2, 0.25) is 0 Å². The van der Waals surface area contributed by atoms with Gasteiger partial charge in [-0.1, -0.05) is 19.3 Å². The number of likely N-dealkylation sites (tertiary alicyclic amines) is 1. The van der Waals surface area contributed by atoms with Crippen LogP contribution in [0, 0.1) is 0 Å². The predicted molar refractivity (Wildman–Crippen MR) is 122 cm³/mol. The summed E-state index contributed by atoms with van der Waals surface area (Å²) < 4.78 is 7.64. The molecule has 0 atom stereocenters. The lowest BCUT2D eigenvalue weighted by Gasteiger charge is -2.30. The van der Waals surface area contributed by atoms with E-state index >= 15 is 0 Å². The van der Waals surface area contributed by atoms with Crippen molar-refractivity contribution in [1.29, 1.82) is 0 Å². The van der Waals surface area contributed by atoms with E-state index < -0.39 is 0 Å². The van der Waals surface area contributed by atoms with E-state index in [2.05, 4.69) is 18.7 Å². The Bertz CT molecular complexity index is 1010. The summed E-state index contributed by atoms with van der Waals surface area (Å²) in [5.41, 5.74) is 0.877. The van der Waals surface area contributed by atoms with Crippen molar-refractivity contribution >= 4 is 27.9 Å². The highest BCUT2D eigenvalue weighted by Gasteiger charge is 2.32. The average molecular weight is 429 g/mol. The topological polar surface area (TPSA) is 59.7 Å². The van der Waals surface area contributed by atoms with Gasteiger partial charge < -0.3 is 9.64 Å². The summed E-state index contributed by atoms with van der Waals surface area (Å²) in [7, 11) is 0. The highest BCUT2D eigenvalue weighted by Crippen LogP contribution is 2.38. The number of ether oxygens (including phenoxy) is 1. The van der Waals surface area contributed by atoms with Gasteiger partial charge in [-0.15, -0.1) is 11.3 Å². The second-order valence-corrected chi connectivity index (χ2v) is 10.7. The van der Waals surface area contributed by atoms with Crippen molar-refractivity contribution in [2.24, 2.45) is 5.10 Å². The van der Waals surface area contributed by atoms with Gasteiger partial charge in [0, 0.05) is 30.3 Å². The molecule has 3 aliphatic rings. The molecule has 6 nitrogen and oxygen atoms in total. The van der Waals surface area contributed by atoms with Crippen molar-refractivity contribution in [1.82, 2.24) is 14.6 Å². The van der Waals surface area contributed by atoms with Crippen LogP contribution in [0.3, 0.4) is 0 Å². The smallest absolute Gasteiger partial charge is 0.283 e. The van der Waals surface area contributed by atoms with Crippen LogP contribution in [0.1, 0.15) is 87.4 Å². The maximum atomic E-state index is 13.8. The van der Waals surface area contributed by atoms with E-state index in [1.165, 1.54) is 38.5 Å². The molecule has 1 saturated heterocycles. The zero-order valence-corrected chi connectivity index (χ0v) is 19.0. The lowest BCUT2D eigenvalue weighted by Crippen LogP contribution is -2.33. The minimum atomic E-state index is -0.253. The summed E-state index contributed by atoms with van der Waals surface area (Å²) in [6.07, 6.45) is 12.2. The Kier molecular flexibility index (Phi) is 5.44. The van der Waals surface area contributed by atoms with Crippen LogP contribution in [0.4, 0.5) is 0 Å². The fourth-order valence-corrected chi connectivity index (χ4v) is 6.20. The standard InChI is InChI=1S/C23H32N4O2S/c1-23(2)13-17-18(14-29-23)30-21-19(17)22(28)27(24-15-26-11-7-4-8-12-26)20(25-21)16-9-5-3-6-10-16/h15-16H,3-14H2,1-2H3/b24-15-. The Morgan fingerprint density at radius 3 is 2.63 bits per heavy atom. The second-order valence-electron chi connectivity index (χ2n) is 9.66. The van der Waals surface area contributed by atoms with Gasteiger partial charge in [-0.05, 0) is 51.5 Å². The number of aromatic nitrogens is 2. The molecular weight excluding hydrogens is 396 g/mol. The van der Waals surface area contributed by atoms with Gasteiger partial charge in [-0.2, -0.15) is 9.78 Å². The van der Waals surface area contributed by atoms with Crippen LogP contribution in [-0.4, -0.2) is 39.6 Å². The first-order valence-corrected chi connectivity index (χ1v) is 12.3. The molecule has 30 heavy (non-hydrogen) atoms. The third-order valence-electron chi connectivity index (χ3n) is 6.80. The minimum Gasteiger partial charge on any atom is -0.370 e. The largest absolute Gasteiger partial charge is 0.370 e. The van der Waals surface area contributed by atoms with E-state index in [1.54, 1.807) is 16.0 Å². The zero-order chi connectivity index (χ0) is 20.7. The summed E-state index contributed by atoms with van der Waals surface area (Å²) in [6, 6.07) is 0. The number of piperidine rings is 1. The third-order valence-corrected chi connectivity index (χ3v) is 7.90. The molecule has 0 spiro atoms. The molecule has 5 rings (SSSR count). The molecule has 4 heterocycles. The molecule has 2 fully saturated rings. The molecule has 2 aromatic rings. The average Bonchev–Trinajstić information content (AvgIpc) is 3.11. The maximum Gasteiger partial charge on any atom is 0.283 e. The van der Waals surface area contributed by atoms with Gasteiger partial charge in [0.15, 0.2) is 0 Å². The number of hydrogen-bond donors (Lipinski definition) is 0. The first-order chi connectivity index (χ1) is 14.5. The molecule has 0 amide bonds. The second kappa shape index (κ2) is 8.08.